The Morgan fingerprint density at radius 1 is 1.18 bits per heavy atom. The quantitative estimate of drug-likeness (QED) is 0.610. The molecule has 2 amide bonds. The molecule has 0 saturated carbocycles. The van der Waals surface area contributed by atoms with Gasteiger partial charge in [-0.1, -0.05) is 25.0 Å². The minimum Gasteiger partial charge on any atom is -0.352 e. The molecule has 0 radical (unpaired) electrons. The fourth-order valence-electron chi connectivity index (χ4n) is 3.40. The Balaban J connectivity index is 0.00000392. The monoisotopic (exact) mass is 413 g/mol. The van der Waals surface area contributed by atoms with E-state index in [9.17, 15) is 14.0 Å². The first-order chi connectivity index (χ1) is 13.0. The van der Waals surface area contributed by atoms with Crippen LogP contribution in [0.5, 0.6) is 0 Å². The number of rotatable bonds is 9. The average molecular weight is 414 g/mol. The lowest BCUT2D eigenvalue weighted by Crippen LogP contribution is -2.42. The summed E-state index contributed by atoms with van der Waals surface area (Å²) < 4.78 is 13.6. The molecule has 1 heterocycles. The summed E-state index contributed by atoms with van der Waals surface area (Å²) in [4.78, 5) is 26.5. The van der Waals surface area contributed by atoms with Crippen molar-refractivity contribution >= 4 is 24.2 Å². The van der Waals surface area contributed by atoms with Gasteiger partial charge in [0.15, 0.2) is 0 Å². The van der Waals surface area contributed by atoms with Gasteiger partial charge < -0.3 is 16.0 Å². The van der Waals surface area contributed by atoms with Gasteiger partial charge in [0.1, 0.15) is 5.82 Å². The zero-order valence-electron chi connectivity index (χ0n) is 16.7. The number of aryl methyl sites for hydroxylation is 1. The summed E-state index contributed by atoms with van der Waals surface area (Å²) in [6.45, 7) is 4.03. The predicted molar refractivity (Wildman–Crippen MR) is 112 cm³/mol. The van der Waals surface area contributed by atoms with Gasteiger partial charge in [-0.3, -0.25) is 9.59 Å². The molecular formula is C21H33ClFN3O2. The average Bonchev–Trinajstić information content (AvgIpc) is 2.68. The standard InChI is InChI=1S/C21H32FN3O2.ClH/c1-16-7-8-17(14-19(16)22)15-24-21(27)18-9-12-25(13-10-18)20(26)6-4-2-3-5-11-23;/h7-8,14,18H,2-6,9-13,15,23H2,1H3,(H,24,27);1H. The highest BCUT2D eigenvalue weighted by molar-refractivity contribution is 5.85. The number of amides is 2. The molecule has 1 aromatic rings. The first kappa shape index (κ1) is 24.4. The fourth-order valence-corrected chi connectivity index (χ4v) is 3.40. The van der Waals surface area contributed by atoms with Gasteiger partial charge in [-0.2, -0.15) is 0 Å². The molecule has 7 heteroatoms. The lowest BCUT2D eigenvalue weighted by molar-refractivity contribution is -0.135. The highest BCUT2D eigenvalue weighted by atomic mass is 35.5. The van der Waals surface area contributed by atoms with E-state index < -0.39 is 0 Å². The van der Waals surface area contributed by atoms with Gasteiger partial charge in [0.2, 0.25) is 11.8 Å². The molecule has 0 atom stereocenters. The van der Waals surface area contributed by atoms with E-state index in [2.05, 4.69) is 5.32 Å². The zero-order chi connectivity index (χ0) is 19.6. The number of carbonyl (C=O) groups excluding carboxylic acids is 2. The number of nitrogens with two attached hydrogens (primary N) is 1. The highest BCUT2D eigenvalue weighted by Gasteiger charge is 2.26. The van der Waals surface area contributed by atoms with Gasteiger partial charge in [-0.25, -0.2) is 4.39 Å². The van der Waals surface area contributed by atoms with E-state index >= 15 is 0 Å². The van der Waals surface area contributed by atoms with Gasteiger partial charge >= 0.3 is 0 Å². The maximum Gasteiger partial charge on any atom is 0.223 e. The Morgan fingerprint density at radius 3 is 2.50 bits per heavy atom. The van der Waals surface area contributed by atoms with Crippen LogP contribution in [-0.2, 0) is 16.1 Å². The molecule has 0 spiro atoms. The van der Waals surface area contributed by atoms with Crippen LogP contribution in [0.2, 0.25) is 0 Å². The predicted octanol–water partition coefficient (Wildman–Crippen LogP) is 3.32. The molecule has 3 N–H and O–H groups in total. The summed E-state index contributed by atoms with van der Waals surface area (Å²) in [6, 6.07) is 5.01. The van der Waals surface area contributed by atoms with Crippen LogP contribution in [0.4, 0.5) is 4.39 Å². The minimum absolute atomic E-state index is 0. The highest BCUT2D eigenvalue weighted by Crippen LogP contribution is 2.19. The number of carbonyl (C=O) groups is 2. The van der Waals surface area contributed by atoms with Crippen molar-refractivity contribution in [2.45, 2.75) is 58.4 Å². The number of hydrogen-bond donors (Lipinski definition) is 2. The van der Waals surface area contributed by atoms with Crippen LogP contribution >= 0.6 is 12.4 Å². The van der Waals surface area contributed by atoms with E-state index in [4.69, 9.17) is 5.73 Å². The Hall–Kier alpha value is -1.66. The zero-order valence-corrected chi connectivity index (χ0v) is 17.5. The molecule has 28 heavy (non-hydrogen) atoms. The number of benzene rings is 1. The molecule has 1 aliphatic rings. The second-order valence-corrected chi connectivity index (χ2v) is 7.41. The summed E-state index contributed by atoms with van der Waals surface area (Å²) in [6.07, 6.45) is 6.01. The number of nitrogens with one attached hydrogen (secondary N) is 1. The summed E-state index contributed by atoms with van der Waals surface area (Å²) >= 11 is 0. The van der Waals surface area contributed by atoms with Crippen molar-refractivity contribution in [3.63, 3.8) is 0 Å². The largest absolute Gasteiger partial charge is 0.352 e. The van der Waals surface area contributed by atoms with E-state index in [1.54, 1.807) is 13.0 Å². The third kappa shape index (κ3) is 7.76. The maximum atomic E-state index is 13.6. The van der Waals surface area contributed by atoms with E-state index in [0.29, 0.717) is 51.0 Å². The van der Waals surface area contributed by atoms with Crippen LogP contribution in [0.15, 0.2) is 18.2 Å². The first-order valence-corrected chi connectivity index (χ1v) is 10.0. The molecule has 2 rings (SSSR count). The first-order valence-electron chi connectivity index (χ1n) is 10.0. The number of halogens is 2. The number of piperidine rings is 1. The van der Waals surface area contributed by atoms with Crippen LogP contribution in [0.1, 0.15) is 56.1 Å². The fraction of sp³-hybridized carbons (Fsp3) is 0.619. The van der Waals surface area contributed by atoms with Crippen molar-refractivity contribution in [1.82, 2.24) is 10.2 Å². The van der Waals surface area contributed by atoms with Crippen LogP contribution in [0.25, 0.3) is 0 Å². The van der Waals surface area contributed by atoms with Crippen molar-refractivity contribution in [2.24, 2.45) is 11.7 Å². The van der Waals surface area contributed by atoms with Crippen molar-refractivity contribution in [1.29, 1.82) is 0 Å². The molecule has 0 aliphatic carbocycles. The molecule has 1 aromatic carbocycles. The third-order valence-corrected chi connectivity index (χ3v) is 5.27. The molecular weight excluding hydrogens is 381 g/mol. The van der Waals surface area contributed by atoms with Gasteiger partial charge in [0.25, 0.3) is 0 Å². The Labute approximate surface area is 173 Å². The molecule has 0 bridgehead atoms. The molecule has 158 valence electrons. The second-order valence-electron chi connectivity index (χ2n) is 7.41. The minimum atomic E-state index is -0.253. The summed E-state index contributed by atoms with van der Waals surface area (Å²) in [5, 5.41) is 2.89. The van der Waals surface area contributed by atoms with Crippen molar-refractivity contribution in [3.05, 3.63) is 35.1 Å². The topological polar surface area (TPSA) is 75.4 Å². The Morgan fingerprint density at radius 2 is 1.86 bits per heavy atom. The smallest absolute Gasteiger partial charge is 0.223 e. The van der Waals surface area contributed by atoms with Crippen LogP contribution in [0, 0.1) is 18.7 Å². The normalized spacial score (nSPS) is 14.5. The number of likely N-dealkylation sites (tertiary alicyclic amines) is 1. The molecule has 0 aromatic heterocycles. The van der Waals surface area contributed by atoms with E-state index in [1.807, 2.05) is 11.0 Å². The van der Waals surface area contributed by atoms with Crippen molar-refractivity contribution < 1.29 is 14.0 Å². The van der Waals surface area contributed by atoms with E-state index in [-0.39, 0.29) is 36.0 Å². The third-order valence-electron chi connectivity index (χ3n) is 5.27. The molecule has 1 fully saturated rings. The van der Waals surface area contributed by atoms with E-state index in [0.717, 1.165) is 31.2 Å². The Kier molecular flexibility index (Phi) is 11.1. The van der Waals surface area contributed by atoms with Gasteiger partial charge in [0, 0.05) is 32.0 Å². The van der Waals surface area contributed by atoms with Crippen molar-refractivity contribution in [3.8, 4) is 0 Å². The summed E-state index contributed by atoms with van der Waals surface area (Å²) in [7, 11) is 0. The van der Waals surface area contributed by atoms with Gasteiger partial charge in [0.05, 0.1) is 0 Å². The van der Waals surface area contributed by atoms with E-state index in [1.165, 1.54) is 6.07 Å². The maximum absolute atomic E-state index is 13.6. The SMILES string of the molecule is Cc1ccc(CNC(=O)C2CCN(C(=O)CCCCCCN)CC2)cc1F.Cl. The summed E-state index contributed by atoms with van der Waals surface area (Å²) in [5.74, 6) is -0.146. The number of hydrogen-bond acceptors (Lipinski definition) is 3. The van der Waals surface area contributed by atoms with Crippen LogP contribution < -0.4 is 11.1 Å². The lowest BCUT2D eigenvalue weighted by atomic mass is 9.95. The van der Waals surface area contributed by atoms with Gasteiger partial charge in [-0.15, -0.1) is 12.4 Å². The van der Waals surface area contributed by atoms with Crippen LogP contribution in [-0.4, -0.2) is 36.3 Å². The molecule has 1 aliphatic heterocycles. The molecule has 0 unspecified atom stereocenters. The number of unbranched alkanes of at least 4 members (excludes halogenated alkanes) is 3. The lowest BCUT2D eigenvalue weighted by Gasteiger charge is -2.31. The molecule has 1 saturated heterocycles. The van der Waals surface area contributed by atoms with Gasteiger partial charge in [-0.05, 0) is 56.3 Å². The second kappa shape index (κ2) is 12.7. The molecule has 5 nitrogen and oxygen atoms in total. The number of nitrogens with zero attached hydrogens (tertiary/aromatic N) is 1. The van der Waals surface area contributed by atoms with Crippen molar-refractivity contribution in [2.75, 3.05) is 19.6 Å². The van der Waals surface area contributed by atoms with Crippen LogP contribution in [0.3, 0.4) is 0 Å². The Bertz CT molecular complexity index is 634. The summed E-state index contributed by atoms with van der Waals surface area (Å²) in [5.41, 5.74) is 6.82.